The van der Waals surface area contributed by atoms with Crippen molar-refractivity contribution in [3.05, 3.63) is 81.1 Å². The summed E-state index contributed by atoms with van der Waals surface area (Å²) in [4.78, 5) is 39.1. The van der Waals surface area contributed by atoms with Crippen molar-refractivity contribution in [1.29, 1.82) is 0 Å². The number of H-pyrrole nitrogens is 1. The van der Waals surface area contributed by atoms with Gasteiger partial charge in [0.1, 0.15) is 0 Å². The van der Waals surface area contributed by atoms with Crippen LogP contribution in [0, 0.1) is 6.92 Å². The van der Waals surface area contributed by atoms with Gasteiger partial charge >= 0.3 is 0 Å². The average molecular weight is 446 g/mol. The smallest absolute Gasteiger partial charge is 0.251 e. The van der Waals surface area contributed by atoms with E-state index in [1.807, 2.05) is 40.9 Å². The summed E-state index contributed by atoms with van der Waals surface area (Å²) in [5.41, 5.74) is 7.52. The molecule has 162 valence electrons. The van der Waals surface area contributed by atoms with Crippen LogP contribution >= 0.6 is 11.3 Å². The SMILES string of the molecule is Cc1ncc2c(c1CNC(=O)c1ccc3nc[nH]c3c1)CCN(C(=O)Cc1ccsc1)C2. The van der Waals surface area contributed by atoms with E-state index in [4.69, 9.17) is 0 Å². The number of rotatable bonds is 5. The summed E-state index contributed by atoms with van der Waals surface area (Å²) in [5.74, 6) is 0.000515. The molecule has 0 spiro atoms. The van der Waals surface area contributed by atoms with E-state index in [-0.39, 0.29) is 11.8 Å². The van der Waals surface area contributed by atoms with Crippen molar-refractivity contribution in [2.75, 3.05) is 6.54 Å². The summed E-state index contributed by atoms with van der Waals surface area (Å²) in [5, 5.41) is 7.05. The molecule has 8 heteroatoms. The average Bonchev–Trinajstić information content (AvgIpc) is 3.49. The zero-order valence-corrected chi connectivity index (χ0v) is 18.5. The number of benzene rings is 1. The Bertz CT molecular complexity index is 1300. The fourth-order valence-corrected chi connectivity index (χ4v) is 4.87. The molecule has 4 aromatic rings. The highest BCUT2D eigenvalue weighted by Gasteiger charge is 2.24. The Labute approximate surface area is 189 Å². The van der Waals surface area contributed by atoms with E-state index in [2.05, 4.69) is 20.3 Å². The summed E-state index contributed by atoms with van der Waals surface area (Å²) < 4.78 is 0. The minimum Gasteiger partial charge on any atom is -0.348 e. The van der Waals surface area contributed by atoms with Crippen LogP contribution in [0.25, 0.3) is 11.0 Å². The first kappa shape index (κ1) is 20.4. The molecule has 1 aliphatic heterocycles. The molecule has 0 saturated carbocycles. The van der Waals surface area contributed by atoms with E-state index in [1.54, 1.807) is 29.8 Å². The first-order chi connectivity index (χ1) is 15.6. The lowest BCUT2D eigenvalue weighted by Crippen LogP contribution is -2.38. The van der Waals surface area contributed by atoms with E-state index >= 15 is 0 Å². The fourth-order valence-electron chi connectivity index (χ4n) is 4.20. The quantitative estimate of drug-likeness (QED) is 0.493. The van der Waals surface area contributed by atoms with Gasteiger partial charge in [0.2, 0.25) is 5.91 Å². The summed E-state index contributed by atoms with van der Waals surface area (Å²) >= 11 is 1.61. The number of fused-ring (bicyclic) bond motifs is 2. The Hall–Kier alpha value is -3.52. The molecule has 5 rings (SSSR count). The zero-order chi connectivity index (χ0) is 22.1. The van der Waals surface area contributed by atoms with Crippen LogP contribution < -0.4 is 5.32 Å². The molecule has 0 bridgehead atoms. The highest BCUT2D eigenvalue weighted by atomic mass is 32.1. The van der Waals surface area contributed by atoms with E-state index in [1.165, 1.54) is 5.56 Å². The van der Waals surface area contributed by atoms with Gasteiger partial charge in [-0.25, -0.2) is 4.98 Å². The van der Waals surface area contributed by atoms with Gasteiger partial charge in [-0.05, 0) is 70.6 Å². The Morgan fingerprint density at radius 1 is 1.25 bits per heavy atom. The normalized spacial score (nSPS) is 13.2. The van der Waals surface area contributed by atoms with Crippen molar-refractivity contribution >= 4 is 34.2 Å². The second-order valence-electron chi connectivity index (χ2n) is 8.02. The first-order valence-corrected chi connectivity index (χ1v) is 11.5. The number of nitrogens with one attached hydrogen (secondary N) is 2. The summed E-state index contributed by atoms with van der Waals surface area (Å²) in [6.07, 6.45) is 4.68. The van der Waals surface area contributed by atoms with Crippen LogP contribution in [0.15, 0.2) is 47.5 Å². The van der Waals surface area contributed by atoms with Gasteiger partial charge in [0.25, 0.3) is 5.91 Å². The predicted octanol–water partition coefficient (Wildman–Crippen LogP) is 3.39. The van der Waals surface area contributed by atoms with Crippen molar-refractivity contribution < 1.29 is 9.59 Å². The Morgan fingerprint density at radius 2 is 2.16 bits per heavy atom. The van der Waals surface area contributed by atoms with E-state index in [9.17, 15) is 9.59 Å². The third-order valence-corrected chi connectivity index (χ3v) is 6.72. The lowest BCUT2D eigenvalue weighted by Gasteiger charge is -2.30. The molecule has 0 atom stereocenters. The van der Waals surface area contributed by atoms with Crippen LogP contribution in [0.4, 0.5) is 0 Å². The van der Waals surface area contributed by atoms with Gasteiger partial charge in [-0.3, -0.25) is 14.6 Å². The fraction of sp³-hybridized carbons (Fsp3) is 0.250. The van der Waals surface area contributed by atoms with Gasteiger partial charge in [0.05, 0.1) is 23.8 Å². The number of imidazole rings is 1. The largest absolute Gasteiger partial charge is 0.348 e. The monoisotopic (exact) mass is 445 g/mol. The molecular weight excluding hydrogens is 422 g/mol. The molecule has 0 unspecified atom stereocenters. The molecular formula is C24H23N5O2S. The van der Waals surface area contributed by atoms with Crippen LogP contribution in [-0.4, -0.2) is 38.2 Å². The first-order valence-electron chi connectivity index (χ1n) is 10.5. The maximum atomic E-state index is 12.7. The maximum absolute atomic E-state index is 12.7. The van der Waals surface area contributed by atoms with Gasteiger partial charge in [-0.2, -0.15) is 11.3 Å². The number of carbonyl (C=O) groups is 2. The van der Waals surface area contributed by atoms with Crippen molar-refractivity contribution in [2.45, 2.75) is 32.9 Å². The number of pyridine rings is 1. The Kier molecular flexibility index (Phi) is 5.45. The molecule has 4 heterocycles. The molecule has 0 fully saturated rings. The highest BCUT2D eigenvalue weighted by molar-refractivity contribution is 7.08. The van der Waals surface area contributed by atoms with E-state index < -0.39 is 0 Å². The second kappa shape index (κ2) is 8.55. The van der Waals surface area contributed by atoms with Crippen LogP contribution in [0.3, 0.4) is 0 Å². The third kappa shape index (κ3) is 4.01. The number of carbonyl (C=O) groups excluding carboxylic acids is 2. The van der Waals surface area contributed by atoms with Gasteiger partial charge in [-0.1, -0.05) is 0 Å². The van der Waals surface area contributed by atoms with E-state index in [0.717, 1.165) is 39.8 Å². The number of nitrogens with zero attached hydrogens (tertiary/aromatic N) is 3. The lowest BCUT2D eigenvalue weighted by molar-refractivity contribution is -0.131. The molecule has 2 N–H and O–H groups in total. The zero-order valence-electron chi connectivity index (χ0n) is 17.7. The number of aromatic nitrogens is 3. The Morgan fingerprint density at radius 3 is 3.00 bits per heavy atom. The Balaban J connectivity index is 1.29. The molecule has 0 saturated heterocycles. The molecule has 0 radical (unpaired) electrons. The molecule has 3 aromatic heterocycles. The summed E-state index contributed by atoms with van der Waals surface area (Å²) in [6.45, 7) is 3.61. The molecule has 7 nitrogen and oxygen atoms in total. The minimum absolute atomic E-state index is 0.137. The van der Waals surface area contributed by atoms with Gasteiger partial charge < -0.3 is 15.2 Å². The molecule has 1 aromatic carbocycles. The molecule has 0 aliphatic carbocycles. The standard InChI is InChI=1S/C24H23N5O2S/c1-15-20(11-26-24(31)17-2-3-21-22(9-17)28-14-27-21)19-4-6-29(12-18(19)10-25-15)23(30)8-16-5-7-32-13-16/h2-3,5,7,9-10,13-14H,4,6,8,11-12H2,1H3,(H,26,31)(H,27,28). The van der Waals surface area contributed by atoms with Crippen molar-refractivity contribution in [2.24, 2.45) is 0 Å². The number of thiophene rings is 1. The van der Waals surface area contributed by atoms with Crippen LogP contribution in [0.5, 0.6) is 0 Å². The number of hydrogen-bond acceptors (Lipinski definition) is 5. The highest BCUT2D eigenvalue weighted by Crippen LogP contribution is 2.25. The molecule has 1 aliphatic rings. The lowest BCUT2D eigenvalue weighted by atomic mass is 9.94. The number of aromatic amines is 1. The van der Waals surface area contributed by atoms with Crippen molar-refractivity contribution in [3.63, 3.8) is 0 Å². The number of aryl methyl sites for hydroxylation is 1. The van der Waals surface area contributed by atoms with E-state index in [0.29, 0.717) is 31.6 Å². The van der Waals surface area contributed by atoms with Crippen LogP contribution in [0.1, 0.15) is 38.3 Å². The molecule has 32 heavy (non-hydrogen) atoms. The molecule has 2 amide bonds. The van der Waals surface area contributed by atoms with Crippen LogP contribution in [0.2, 0.25) is 0 Å². The topological polar surface area (TPSA) is 91.0 Å². The summed E-state index contributed by atoms with van der Waals surface area (Å²) in [7, 11) is 0. The van der Waals surface area contributed by atoms with Crippen molar-refractivity contribution in [3.8, 4) is 0 Å². The van der Waals surface area contributed by atoms with Crippen LogP contribution in [-0.2, 0) is 30.7 Å². The van der Waals surface area contributed by atoms with Gasteiger partial charge in [-0.15, -0.1) is 0 Å². The number of amides is 2. The predicted molar refractivity (Wildman–Crippen MR) is 123 cm³/mol. The van der Waals surface area contributed by atoms with Gasteiger partial charge in [0.15, 0.2) is 0 Å². The van der Waals surface area contributed by atoms with Crippen molar-refractivity contribution in [1.82, 2.24) is 25.2 Å². The summed E-state index contributed by atoms with van der Waals surface area (Å²) in [6, 6.07) is 7.41. The maximum Gasteiger partial charge on any atom is 0.251 e. The van der Waals surface area contributed by atoms with Gasteiger partial charge in [0, 0.05) is 37.1 Å². The number of hydrogen-bond donors (Lipinski definition) is 2. The minimum atomic E-state index is -0.137. The third-order valence-electron chi connectivity index (χ3n) is 5.99. The second-order valence-corrected chi connectivity index (χ2v) is 8.80.